The molecular formula is C13H15NO3. The molecule has 4 heteroatoms. The molecule has 17 heavy (non-hydrogen) atoms. The Balaban J connectivity index is 2.49. The van der Waals surface area contributed by atoms with E-state index in [0.717, 1.165) is 0 Å². The second kappa shape index (κ2) is 7.31. The molecular weight excluding hydrogens is 218 g/mol. The van der Waals surface area contributed by atoms with Gasteiger partial charge in [0.25, 0.3) is 5.91 Å². The fourth-order valence-electron chi connectivity index (χ4n) is 1.21. The normalized spacial score (nSPS) is 9.41. The van der Waals surface area contributed by atoms with Crippen molar-refractivity contribution in [1.29, 1.82) is 0 Å². The highest BCUT2D eigenvalue weighted by atomic mass is 16.5. The maximum Gasteiger partial charge on any atom is 0.251 e. The molecule has 0 aromatic heterocycles. The number of nitrogens with one attached hydrogen (secondary N) is 1. The van der Waals surface area contributed by atoms with E-state index in [1.807, 2.05) is 0 Å². The first kappa shape index (κ1) is 13.1. The second-order valence-electron chi connectivity index (χ2n) is 3.35. The SMILES string of the molecule is C#CCOc1ccc(C(=O)NCCCO)cc1. The molecule has 0 bridgehead atoms. The number of aliphatic hydroxyl groups is 1. The molecule has 1 aromatic rings. The molecule has 0 heterocycles. The van der Waals surface area contributed by atoms with Crippen LogP contribution < -0.4 is 10.1 Å². The zero-order chi connectivity index (χ0) is 12.5. The Kier molecular flexibility index (Phi) is 5.62. The molecule has 0 aliphatic rings. The topological polar surface area (TPSA) is 58.6 Å². The van der Waals surface area contributed by atoms with Gasteiger partial charge in [0.05, 0.1) is 0 Å². The highest BCUT2D eigenvalue weighted by Gasteiger charge is 2.04. The van der Waals surface area contributed by atoms with Crippen LogP contribution in [0.4, 0.5) is 0 Å². The molecule has 0 aliphatic carbocycles. The largest absolute Gasteiger partial charge is 0.481 e. The predicted molar refractivity (Wildman–Crippen MR) is 64.8 cm³/mol. The maximum absolute atomic E-state index is 11.6. The van der Waals surface area contributed by atoms with Crippen LogP contribution in [-0.4, -0.2) is 30.8 Å². The number of rotatable bonds is 6. The molecule has 1 rings (SSSR count). The summed E-state index contributed by atoms with van der Waals surface area (Å²) in [6, 6.07) is 6.72. The number of amides is 1. The Morgan fingerprint density at radius 1 is 1.41 bits per heavy atom. The Labute approximate surface area is 101 Å². The fourth-order valence-corrected chi connectivity index (χ4v) is 1.21. The van der Waals surface area contributed by atoms with Crippen molar-refractivity contribution in [2.24, 2.45) is 0 Å². The number of ether oxygens (including phenoxy) is 1. The number of hydrogen-bond acceptors (Lipinski definition) is 3. The van der Waals surface area contributed by atoms with Crippen LogP contribution in [0.25, 0.3) is 0 Å². The summed E-state index contributed by atoms with van der Waals surface area (Å²) in [5, 5.41) is 11.3. The molecule has 0 radical (unpaired) electrons. The molecule has 0 saturated heterocycles. The molecule has 2 N–H and O–H groups in total. The molecule has 4 nitrogen and oxygen atoms in total. The van der Waals surface area contributed by atoms with Crippen LogP contribution in [0.3, 0.4) is 0 Å². The average Bonchev–Trinajstić information content (AvgIpc) is 2.37. The van der Waals surface area contributed by atoms with Crippen molar-refractivity contribution >= 4 is 5.91 Å². The van der Waals surface area contributed by atoms with E-state index in [2.05, 4.69) is 11.2 Å². The molecule has 0 unspecified atom stereocenters. The van der Waals surface area contributed by atoms with E-state index in [4.69, 9.17) is 16.3 Å². The first-order valence-electron chi connectivity index (χ1n) is 5.33. The first-order valence-corrected chi connectivity index (χ1v) is 5.33. The number of hydrogen-bond donors (Lipinski definition) is 2. The molecule has 0 spiro atoms. The van der Waals surface area contributed by atoms with E-state index < -0.39 is 0 Å². The number of terminal acetylenes is 1. The third-order valence-electron chi connectivity index (χ3n) is 2.06. The van der Waals surface area contributed by atoms with Crippen molar-refractivity contribution in [2.45, 2.75) is 6.42 Å². The van der Waals surface area contributed by atoms with Gasteiger partial charge in [-0.15, -0.1) is 6.42 Å². The van der Waals surface area contributed by atoms with Gasteiger partial charge in [0, 0.05) is 18.7 Å². The van der Waals surface area contributed by atoms with Crippen molar-refractivity contribution in [3.8, 4) is 18.1 Å². The lowest BCUT2D eigenvalue weighted by molar-refractivity contribution is 0.0951. The van der Waals surface area contributed by atoms with Crippen LogP contribution in [0, 0.1) is 12.3 Å². The zero-order valence-corrected chi connectivity index (χ0v) is 9.48. The Hall–Kier alpha value is -1.99. The fraction of sp³-hybridized carbons (Fsp3) is 0.308. The van der Waals surface area contributed by atoms with Gasteiger partial charge in [-0.05, 0) is 30.7 Å². The van der Waals surface area contributed by atoms with Crippen LogP contribution in [0.15, 0.2) is 24.3 Å². The molecule has 0 saturated carbocycles. The lowest BCUT2D eigenvalue weighted by Crippen LogP contribution is -2.24. The van der Waals surface area contributed by atoms with E-state index in [1.54, 1.807) is 24.3 Å². The van der Waals surface area contributed by atoms with Crippen molar-refractivity contribution < 1.29 is 14.6 Å². The summed E-state index contributed by atoms with van der Waals surface area (Å²) in [5.41, 5.74) is 0.552. The zero-order valence-electron chi connectivity index (χ0n) is 9.48. The van der Waals surface area contributed by atoms with E-state index in [0.29, 0.717) is 24.3 Å². The van der Waals surface area contributed by atoms with Crippen LogP contribution in [0.1, 0.15) is 16.8 Å². The van der Waals surface area contributed by atoms with Crippen LogP contribution in [0.2, 0.25) is 0 Å². The van der Waals surface area contributed by atoms with Crippen molar-refractivity contribution in [3.63, 3.8) is 0 Å². The third kappa shape index (κ3) is 4.58. The molecule has 1 amide bonds. The van der Waals surface area contributed by atoms with Gasteiger partial charge in [0.1, 0.15) is 12.4 Å². The van der Waals surface area contributed by atoms with Gasteiger partial charge in [0.15, 0.2) is 0 Å². The van der Waals surface area contributed by atoms with Gasteiger partial charge in [-0.1, -0.05) is 5.92 Å². The van der Waals surface area contributed by atoms with Crippen molar-refractivity contribution in [3.05, 3.63) is 29.8 Å². The van der Waals surface area contributed by atoms with E-state index >= 15 is 0 Å². The highest BCUT2D eigenvalue weighted by molar-refractivity contribution is 5.94. The minimum Gasteiger partial charge on any atom is -0.481 e. The average molecular weight is 233 g/mol. The first-order chi connectivity index (χ1) is 8.27. The van der Waals surface area contributed by atoms with Gasteiger partial charge in [0.2, 0.25) is 0 Å². The summed E-state index contributed by atoms with van der Waals surface area (Å²) < 4.78 is 5.19. The minimum absolute atomic E-state index is 0.0686. The minimum atomic E-state index is -0.165. The van der Waals surface area contributed by atoms with Crippen LogP contribution >= 0.6 is 0 Å². The predicted octanol–water partition coefficient (Wildman–Crippen LogP) is 0.811. The summed E-state index contributed by atoms with van der Waals surface area (Å²) in [5.74, 6) is 2.83. The smallest absolute Gasteiger partial charge is 0.251 e. The second-order valence-corrected chi connectivity index (χ2v) is 3.35. The van der Waals surface area contributed by atoms with E-state index in [9.17, 15) is 4.79 Å². The lowest BCUT2D eigenvalue weighted by Gasteiger charge is -2.05. The van der Waals surface area contributed by atoms with Crippen LogP contribution in [-0.2, 0) is 0 Å². The third-order valence-corrected chi connectivity index (χ3v) is 2.06. The van der Waals surface area contributed by atoms with Gasteiger partial charge >= 0.3 is 0 Å². The monoisotopic (exact) mass is 233 g/mol. The van der Waals surface area contributed by atoms with Gasteiger partial charge in [-0.25, -0.2) is 0 Å². The standard InChI is InChI=1S/C13H15NO3/c1-2-10-17-12-6-4-11(5-7-12)13(16)14-8-3-9-15/h1,4-7,15H,3,8-10H2,(H,14,16). The molecule has 0 atom stereocenters. The van der Waals surface area contributed by atoms with Crippen molar-refractivity contribution in [1.82, 2.24) is 5.32 Å². The van der Waals surface area contributed by atoms with Gasteiger partial charge in [-0.3, -0.25) is 4.79 Å². The quantitative estimate of drug-likeness (QED) is 0.564. The maximum atomic E-state index is 11.6. The van der Waals surface area contributed by atoms with E-state index in [1.165, 1.54) is 0 Å². The number of carbonyl (C=O) groups excluding carboxylic acids is 1. The molecule has 1 aromatic carbocycles. The Bertz CT molecular complexity index is 392. The summed E-state index contributed by atoms with van der Waals surface area (Å²) in [7, 11) is 0. The molecule has 0 fully saturated rings. The highest BCUT2D eigenvalue weighted by Crippen LogP contribution is 2.11. The lowest BCUT2D eigenvalue weighted by atomic mass is 10.2. The van der Waals surface area contributed by atoms with Crippen LogP contribution in [0.5, 0.6) is 5.75 Å². The summed E-state index contributed by atoms with van der Waals surface area (Å²) >= 11 is 0. The van der Waals surface area contributed by atoms with E-state index in [-0.39, 0.29) is 19.1 Å². The number of benzene rings is 1. The van der Waals surface area contributed by atoms with Gasteiger partial charge < -0.3 is 15.2 Å². The number of aliphatic hydroxyl groups excluding tert-OH is 1. The summed E-state index contributed by atoms with van der Waals surface area (Å²) in [6.45, 7) is 0.742. The summed E-state index contributed by atoms with van der Waals surface area (Å²) in [4.78, 5) is 11.6. The number of carbonyl (C=O) groups is 1. The Morgan fingerprint density at radius 3 is 2.71 bits per heavy atom. The van der Waals surface area contributed by atoms with Crippen molar-refractivity contribution in [2.75, 3.05) is 19.8 Å². The summed E-state index contributed by atoms with van der Waals surface area (Å²) in [6.07, 6.45) is 5.61. The Morgan fingerprint density at radius 2 is 2.12 bits per heavy atom. The molecule has 90 valence electrons. The molecule has 0 aliphatic heterocycles. The van der Waals surface area contributed by atoms with Gasteiger partial charge in [-0.2, -0.15) is 0 Å².